The number of ether oxygens (including phenoxy) is 1. The van der Waals surface area contributed by atoms with Gasteiger partial charge in [0.2, 0.25) is 0 Å². The molecule has 0 unspecified atom stereocenters. The van der Waals surface area contributed by atoms with Crippen LogP contribution in [0.25, 0.3) is 0 Å². The summed E-state index contributed by atoms with van der Waals surface area (Å²) in [5.74, 6) is 1.21. The number of nitrogens with zero attached hydrogens (tertiary/aromatic N) is 1. The average molecular weight is 693 g/mol. The number of amides is 1. The zero-order valence-electron chi connectivity index (χ0n) is 32.2. The van der Waals surface area contributed by atoms with Crippen LogP contribution < -0.4 is 5.32 Å². The number of carboxylic acid groups (broad SMARTS) is 1. The highest BCUT2D eigenvalue weighted by molar-refractivity contribution is 5.75. The van der Waals surface area contributed by atoms with Gasteiger partial charge in [-0.25, -0.2) is 9.18 Å². The first-order valence-corrected chi connectivity index (χ1v) is 20.0. The first-order valence-electron chi connectivity index (χ1n) is 20.0. The summed E-state index contributed by atoms with van der Waals surface area (Å²) < 4.78 is 19.2. The van der Waals surface area contributed by atoms with Crippen molar-refractivity contribution in [2.75, 3.05) is 32.9 Å². The van der Waals surface area contributed by atoms with Gasteiger partial charge < -0.3 is 20.1 Å². The lowest BCUT2D eigenvalue weighted by Gasteiger charge is -2.76. The smallest absolute Gasteiger partial charge is 0.409 e. The number of halogens is 1. The first kappa shape index (κ1) is 36.2. The SMILES string of the molecule is C=C(C)[C@@H]1CC[C@]2(NCCN3CCOC3=O)CC[C@@]3(C)[C@]4(C)CC[C@H]5C(C)(C)C(C6=CC[C@](CF)(C(=O)O)CC6)=CC[C@]5(C)[C@H]4CC[C@]3(C)[C@@H]12. The summed E-state index contributed by atoms with van der Waals surface area (Å²) in [6.45, 7) is 24.4. The van der Waals surface area contributed by atoms with Gasteiger partial charge in [0, 0.05) is 18.6 Å². The van der Waals surface area contributed by atoms with Gasteiger partial charge in [-0.1, -0.05) is 65.8 Å². The molecule has 1 saturated heterocycles. The molecule has 0 aromatic rings. The molecule has 0 aromatic heterocycles. The highest BCUT2D eigenvalue weighted by Gasteiger charge is 2.74. The molecule has 2 N–H and O–H groups in total. The van der Waals surface area contributed by atoms with Gasteiger partial charge in [-0.15, -0.1) is 0 Å². The lowest BCUT2D eigenvalue weighted by atomic mass is 9.29. The Morgan fingerprint density at radius 2 is 1.70 bits per heavy atom. The second kappa shape index (κ2) is 11.9. The van der Waals surface area contributed by atoms with Crippen molar-refractivity contribution in [3.05, 3.63) is 35.5 Å². The van der Waals surface area contributed by atoms with Crippen LogP contribution >= 0.6 is 0 Å². The molecule has 0 spiro atoms. The maximum Gasteiger partial charge on any atom is 0.409 e. The highest BCUT2D eigenvalue weighted by Crippen LogP contribution is 2.80. The molecular formula is C43H65FN2O4. The third-order valence-corrected chi connectivity index (χ3v) is 17.8. The van der Waals surface area contributed by atoms with E-state index in [1.807, 2.05) is 4.90 Å². The van der Waals surface area contributed by atoms with Crippen molar-refractivity contribution in [1.29, 1.82) is 0 Å². The van der Waals surface area contributed by atoms with E-state index in [0.29, 0.717) is 56.2 Å². The van der Waals surface area contributed by atoms with Crippen LogP contribution in [-0.4, -0.2) is 60.5 Å². The highest BCUT2D eigenvalue weighted by atomic mass is 19.1. The fourth-order valence-electron chi connectivity index (χ4n) is 14.8. The van der Waals surface area contributed by atoms with Crippen LogP contribution in [0.2, 0.25) is 0 Å². The number of hydrogen-bond acceptors (Lipinski definition) is 4. The molecule has 0 radical (unpaired) electrons. The molecule has 50 heavy (non-hydrogen) atoms. The minimum Gasteiger partial charge on any atom is -0.481 e. The van der Waals surface area contributed by atoms with Gasteiger partial charge in [0.25, 0.3) is 0 Å². The normalized spacial score (nSPS) is 46.5. The van der Waals surface area contributed by atoms with E-state index in [4.69, 9.17) is 4.74 Å². The second-order valence-electron chi connectivity index (χ2n) is 19.7. The Morgan fingerprint density at radius 3 is 2.32 bits per heavy atom. The number of carbonyl (C=O) groups excluding carboxylic acids is 1. The fourth-order valence-corrected chi connectivity index (χ4v) is 14.8. The molecule has 1 heterocycles. The van der Waals surface area contributed by atoms with Gasteiger partial charge in [0.1, 0.15) is 13.3 Å². The average Bonchev–Trinajstić information content (AvgIpc) is 3.66. The summed E-state index contributed by atoms with van der Waals surface area (Å²) in [5.41, 5.74) is 3.56. The van der Waals surface area contributed by atoms with Crippen LogP contribution in [0.1, 0.15) is 126 Å². The Morgan fingerprint density at radius 1 is 0.980 bits per heavy atom. The van der Waals surface area contributed by atoms with E-state index in [1.165, 1.54) is 68.1 Å². The van der Waals surface area contributed by atoms with Crippen molar-refractivity contribution >= 4 is 12.1 Å². The minimum atomic E-state index is -1.26. The van der Waals surface area contributed by atoms with Gasteiger partial charge >= 0.3 is 12.1 Å². The van der Waals surface area contributed by atoms with E-state index < -0.39 is 18.1 Å². The second-order valence-corrected chi connectivity index (χ2v) is 19.7. The number of aliphatic carboxylic acids is 1. The predicted molar refractivity (Wildman–Crippen MR) is 196 cm³/mol. The summed E-state index contributed by atoms with van der Waals surface area (Å²) in [6, 6.07) is 0. The first-order chi connectivity index (χ1) is 23.4. The van der Waals surface area contributed by atoms with Crippen molar-refractivity contribution in [2.45, 2.75) is 131 Å². The lowest BCUT2D eigenvalue weighted by Crippen LogP contribution is -2.71. The molecule has 6 aliphatic carbocycles. The molecule has 4 saturated carbocycles. The van der Waals surface area contributed by atoms with Crippen LogP contribution in [0.4, 0.5) is 9.18 Å². The van der Waals surface area contributed by atoms with Crippen LogP contribution in [0.5, 0.6) is 0 Å². The maximum atomic E-state index is 14.0. The Balaban J connectivity index is 1.18. The Hall–Kier alpha value is -2.15. The molecule has 10 atom stereocenters. The zero-order valence-corrected chi connectivity index (χ0v) is 32.2. The Bertz CT molecular complexity index is 1500. The quantitative estimate of drug-likeness (QED) is 0.248. The predicted octanol–water partition coefficient (Wildman–Crippen LogP) is 9.52. The Labute approximate surface area is 301 Å². The molecule has 6 nitrogen and oxygen atoms in total. The summed E-state index contributed by atoms with van der Waals surface area (Å²) in [5, 5.41) is 14.0. The van der Waals surface area contributed by atoms with Crippen molar-refractivity contribution in [3.8, 4) is 0 Å². The molecule has 7 heteroatoms. The van der Waals surface area contributed by atoms with Crippen LogP contribution in [0.15, 0.2) is 35.5 Å². The number of rotatable bonds is 8. The number of carbonyl (C=O) groups is 2. The molecule has 1 aliphatic heterocycles. The van der Waals surface area contributed by atoms with Crippen LogP contribution in [0.3, 0.4) is 0 Å². The minimum absolute atomic E-state index is 0.0232. The van der Waals surface area contributed by atoms with Crippen molar-refractivity contribution in [3.63, 3.8) is 0 Å². The molecule has 1 amide bonds. The number of hydrogen-bond donors (Lipinski definition) is 2. The summed E-state index contributed by atoms with van der Waals surface area (Å²) in [7, 11) is 0. The monoisotopic (exact) mass is 692 g/mol. The summed E-state index contributed by atoms with van der Waals surface area (Å²) in [6.07, 6.45) is 16.5. The lowest BCUT2D eigenvalue weighted by molar-refractivity contribution is -0.257. The fraction of sp³-hybridized carbons (Fsp3) is 0.814. The topological polar surface area (TPSA) is 78.9 Å². The van der Waals surface area contributed by atoms with E-state index >= 15 is 0 Å². The number of allylic oxidation sites excluding steroid dienone is 5. The van der Waals surface area contributed by atoms with Crippen LogP contribution in [0, 0.1) is 56.2 Å². The maximum absolute atomic E-state index is 14.0. The van der Waals surface area contributed by atoms with E-state index in [2.05, 4.69) is 72.5 Å². The third kappa shape index (κ3) is 4.78. The zero-order chi connectivity index (χ0) is 36.1. The molecule has 0 aromatic carbocycles. The number of carboxylic acids is 1. The molecule has 0 bridgehead atoms. The molecule has 7 aliphatic rings. The van der Waals surface area contributed by atoms with Gasteiger partial charge in [0.05, 0.1) is 12.0 Å². The number of fused-ring (bicyclic) bond motifs is 7. The van der Waals surface area contributed by atoms with Gasteiger partial charge in [0.15, 0.2) is 0 Å². The van der Waals surface area contributed by atoms with Gasteiger partial charge in [-0.3, -0.25) is 4.79 Å². The summed E-state index contributed by atoms with van der Waals surface area (Å²) >= 11 is 0. The van der Waals surface area contributed by atoms with E-state index in [-0.39, 0.29) is 45.1 Å². The molecule has 7 rings (SSSR count). The van der Waals surface area contributed by atoms with E-state index in [0.717, 1.165) is 13.0 Å². The van der Waals surface area contributed by atoms with Crippen molar-refractivity contribution in [2.24, 2.45) is 56.2 Å². The number of alkyl halides is 1. The number of cyclic esters (lactones) is 1. The molecular weight excluding hydrogens is 627 g/mol. The standard InChI is InChI=1S/C43H65FN2O4/c1-28(2)30-11-20-43(45-23-24-46-25-26-50-36(46)49)22-21-41(8)39(6)16-13-32-37(3,4)31(29-9-18-42(27-44,19-10-29)35(47)48)12-15-38(32,5)33(39)14-17-40(41,7)34(30)43/h9,12,30,32-34,45H,1,10-11,13-27H2,2-8H3,(H,47,48)/t30-,32-,33+,34+,38-,39+,40+,41-,42-,43-/m0/s1. The number of nitrogens with one attached hydrogen (secondary N) is 1. The van der Waals surface area contributed by atoms with Crippen LogP contribution in [-0.2, 0) is 9.53 Å². The largest absolute Gasteiger partial charge is 0.481 e. The van der Waals surface area contributed by atoms with Gasteiger partial charge in [-0.2, -0.15) is 0 Å². The summed E-state index contributed by atoms with van der Waals surface area (Å²) in [4.78, 5) is 26.1. The van der Waals surface area contributed by atoms with E-state index in [9.17, 15) is 19.1 Å². The van der Waals surface area contributed by atoms with Gasteiger partial charge in [-0.05, 0) is 146 Å². The van der Waals surface area contributed by atoms with Crippen molar-refractivity contribution in [1.82, 2.24) is 10.2 Å². The Kier molecular flexibility index (Phi) is 8.64. The molecule has 5 fully saturated rings. The molecule has 278 valence electrons. The van der Waals surface area contributed by atoms with E-state index in [1.54, 1.807) is 0 Å². The third-order valence-electron chi connectivity index (χ3n) is 17.8. The van der Waals surface area contributed by atoms with Crippen molar-refractivity contribution < 1.29 is 23.8 Å².